The number of benzene rings is 1. The van der Waals surface area contributed by atoms with Crippen molar-refractivity contribution in [2.24, 2.45) is 0 Å². The summed E-state index contributed by atoms with van der Waals surface area (Å²) in [5.41, 5.74) is 2.11. The molecule has 1 aliphatic rings. The lowest BCUT2D eigenvalue weighted by molar-refractivity contribution is -0.144. The highest BCUT2D eigenvalue weighted by Gasteiger charge is 2.36. The molecular formula is C16H19F3N4. The topological polar surface area (TPSA) is 32.3 Å². The van der Waals surface area contributed by atoms with E-state index in [4.69, 9.17) is 0 Å². The molecule has 1 aliphatic heterocycles. The molecule has 7 heteroatoms. The van der Waals surface area contributed by atoms with Crippen LogP contribution in [0.5, 0.6) is 0 Å². The molecule has 3 rings (SSSR count). The van der Waals surface area contributed by atoms with Crippen LogP contribution in [0.15, 0.2) is 12.1 Å². The molecule has 0 N–H and O–H groups in total. The van der Waals surface area contributed by atoms with Crippen LogP contribution in [0.25, 0.3) is 10.9 Å². The Balaban J connectivity index is 2.21. The summed E-state index contributed by atoms with van der Waals surface area (Å²) in [6.45, 7) is 6.64. The van der Waals surface area contributed by atoms with Crippen molar-refractivity contribution in [2.75, 3.05) is 38.1 Å². The van der Waals surface area contributed by atoms with Gasteiger partial charge in [-0.2, -0.15) is 13.2 Å². The Bertz CT molecular complexity index is 734. The number of aromatic nitrogens is 2. The number of fused-ring (bicyclic) bond motifs is 1. The van der Waals surface area contributed by atoms with Crippen molar-refractivity contribution in [1.82, 2.24) is 14.9 Å². The predicted molar refractivity (Wildman–Crippen MR) is 83.7 cm³/mol. The molecule has 4 nitrogen and oxygen atoms in total. The molecule has 1 aromatic carbocycles. The Labute approximate surface area is 132 Å². The second-order valence-electron chi connectivity index (χ2n) is 6.14. The molecule has 124 valence electrons. The maximum Gasteiger partial charge on any atom is 0.451 e. The summed E-state index contributed by atoms with van der Waals surface area (Å²) in [5.74, 6) is -0.673. The number of halogens is 3. The lowest BCUT2D eigenvalue weighted by Gasteiger charge is -2.34. The van der Waals surface area contributed by atoms with Gasteiger partial charge in [0.05, 0.1) is 5.52 Å². The molecular weight excluding hydrogens is 305 g/mol. The van der Waals surface area contributed by atoms with Crippen LogP contribution in [0.3, 0.4) is 0 Å². The first-order valence-corrected chi connectivity index (χ1v) is 7.55. The number of likely N-dealkylation sites (N-methyl/N-ethyl adjacent to an activating group) is 1. The average molecular weight is 324 g/mol. The van der Waals surface area contributed by atoms with Crippen LogP contribution in [0, 0.1) is 13.8 Å². The summed E-state index contributed by atoms with van der Waals surface area (Å²) < 4.78 is 39.6. The van der Waals surface area contributed by atoms with Gasteiger partial charge >= 0.3 is 6.18 Å². The molecule has 1 saturated heterocycles. The van der Waals surface area contributed by atoms with Crippen molar-refractivity contribution >= 4 is 16.7 Å². The molecule has 2 aromatic rings. The monoisotopic (exact) mass is 324 g/mol. The fraction of sp³-hybridized carbons (Fsp3) is 0.500. The number of hydrogen-bond donors (Lipinski definition) is 0. The van der Waals surface area contributed by atoms with Gasteiger partial charge in [0.2, 0.25) is 5.82 Å². The van der Waals surface area contributed by atoms with Crippen molar-refractivity contribution < 1.29 is 13.2 Å². The first kappa shape index (κ1) is 16.0. The van der Waals surface area contributed by atoms with E-state index in [1.807, 2.05) is 31.0 Å². The van der Waals surface area contributed by atoms with Crippen LogP contribution in [-0.2, 0) is 6.18 Å². The number of alkyl halides is 3. The minimum Gasteiger partial charge on any atom is -0.353 e. The van der Waals surface area contributed by atoms with E-state index in [9.17, 15) is 13.2 Å². The Hall–Kier alpha value is -1.89. The van der Waals surface area contributed by atoms with E-state index in [0.29, 0.717) is 29.8 Å². The molecule has 0 radical (unpaired) electrons. The lowest BCUT2D eigenvalue weighted by Crippen LogP contribution is -2.45. The Morgan fingerprint density at radius 1 is 1.00 bits per heavy atom. The van der Waals surface area contributed by atoms with Gasteiger partial charge in [0.15, 0.2) is 0 Å². The van der Waals surface area contributed by atoms with E-state index in [1.54, 1.807) is 6.92 Å². The molecule has 0 aliphatic carbocycles. The summed E-state index contributed by atoms with van der Waals surface area (Å²) >= 11 is 0. The number of aryl methyl sites for hydroxylation is 2. The highest BCUT2D eigenvalue weighted by Crippen LogP contribution is 2.33. The standard InChI is InChI=1S/C16H19F3N4/c1-10-8-11(2)13-12(9-10)14(21-15(20-13)16(17,18)19)23-6-4-22(3)5-7-23/h8-9H,4-7H2,1-3H3. The van der Waals surface area contributed by atoms with Gasteiger partial charge in [0, 0.05) is 31.6 Å². The van der Waals surface area contributed by atoms with Crippen molar-refractivity contribution in [1.29, 1.82) is 0 Å². The number of nitrogens with zero attached hydrogens (tertiary/aromatic N) is 4. The largest absolute Gasteiger partial charge is 0.451 e. The molecule has 0 spiro atoms. The molecule has 0 unspecified atom stereocenters. The van der Waals surface area contributed by atoms with Crippen LogP contribution in [-0.4, -0.2) is 48.1 Å². The number of hydrogen-bond acceptors (Lipinski definition) is 4. The van der Waals surface area contributed by atoms with Crippen LogP contribution in [0.1, 0.15) is 17.0 Å². The van der Waals surface area contributed by atoms with E-state index >= 15 is 0 Å². The molecule has 0 amide bonds. The summed E-state index contributed by atoms with van der Waals surface area (Å²) in [7, 11) is 2.00. The molecule has 0 saturated carbocycles. The minimum absolute atomic E-state index is 0.381. The van der Waals surface area contributed by atoms with E-state index < -0.39 is 12.0 Å². The number of piperazine rings is 1. The second kappa shape index (κ2) is 5.63. The van der Waals surface area contributed by atoms with Gasteiger partial charge in [-0.25, -0.2) is 9.97 Å². The summed E-state index contributed by atoms with van der Waals surface area (Å²) in [5, 5.41) is 0.694. The first-order valence-electron chi connectivity index (χ1n) is 7.55. The summed E-state index contributed by atoms with van der Waals surface area (Å²) in [4.78, 5) is 11.7. The third-order valence-corrected chi connectivity index (χ3v) is 4.17. The van der Waals surface area contributed by atoms with Crippen LogP contribution < -0.4 is 4.90 Å². The first-order chi connectivity index (χ1) is 10.8. The summed E-state index contributed by atoms with van der Waals surface area (Å²) in [6.07, 6.45) is -4.55. The minimum atomic E-state index is -4.55. The normalized spacial score (nSPS) is 17.0. The van der Waals surface area contributed by atoms with Crippen LogP contribution in [0.2, 0.25) is 0 Å². The molecule has 1 fully saturated rings. The molecule has 2 heterocycles. The zero-order valence-electron chi connectivity index (χ0n) is 13.4. The van der Waals surface area contributed by atoms with Gasteiger partial charge in [-0.3, -0.25) is 0 Å². The van der Waals surface area contributed by atoms with E-state index in [2.05, 4.69) is 14.9 Å². The van der Waals surface area contributed by atoms with Crippen molar-refractivity contribution in [3.8, 4) is 0 Å². The second-order valence-corrected chi connectivity index (χ2v) is 6.14. The molecule has 0 bridgehead atoms. The van der Waals surface area contributed by atoms with Crippen molar-refractivity contribution in [2.45, 2.75) is 20.0 Å². The summed E-state index contributed by atoms with van der Waals surface area (Å²) in [6, 6.07) is 3.72. The van der Waals surface area contributed by atoms with Crippen LogP contribution >= 0.6 is 0 Å². The Morgan fingerprint density at radius 2 is 1.65 bits per heavy atom. The zero-order valence-corrected chi connectivity index (χ0v) is 13.4. The lowest BCUT2D eigenvalue weighted by atomic mass is 10.1. The van der Waals surface area contributed by atoms with E-state index in [-0.39, 0.29) is 0 Å². The van der Waals surface area contributed by atoms with Gasteiger partial charge in [-0.1, -0.05) is 6.07 Å². The van der Waals surface area contributed by atoms with Crippen LogP contribution in [0.4, 0.5) is 19.0 Å². The SMILES string of the molecule is Cc1cc(C)c2nc(C(F)(F)F)nc(N3CCN(C)CC3)c2c1. The maximum atomic E-state index is 13.2. The Kier molecular flexibility index (Phi) is 3.91. The van der Waals surface area contributed by atoms with Gasteiger partial charge in [-0.05, 0) is 38.1 Å². The van der Waals surface area contributed by atoms with Gasteiger partial charge < -0.3 is 9.80 Å². The van der Waals surface area contributed by atoms with Gasteiger partial charge in [0.25, 0.3) is 0 Å². The van der Waals surface area contributed by atoms with E-state index in [1.165, 1.54) is 0 Å². The fourth-order valence-corrected chi connectivity index (χ4v) is 2.96. The Morgan fingerprint density at radius 3 is 2.26 bits per heavy atom. The third kappa shape index (κ3) is 3.10. The average Bonchev–Trinajstić information content (AvgIpc) is 2.46. The maximum absolute atomic E-state index is 13.2. The van der Waals surface area contributed by atoms with Crippen molar-refractivity contribution in [3.63, 3.8) is 0 Å². The molecule has 1 aromatic heterocycles. The highest BCUT2D eigenvalue weighted by atomic mass is 19.4. The van der Waals surface area contributed by atoms with Gasteiger partial charge in [-0.15, -0.1) is 0 Å². The molecule has 0 atom stereocenters. The quantitative estimate of drug-likeness (QED) is 0.807. The molecule has 23 heavy (non-hydrogen) atoms. The van der Waals surface area contributed by atoms with Crippen molar-refractivity contribution in [3.05, 3.63) is 29.1 Å². The highest BCUT2D eigenvalue weighted by molar-refractivity contribution is 5.92. The number of anilines is 1. The zero-order chi connectivity index (χ0) is 16.8. The smallest absolute Gasteiger partial charge is 0.353 e. The van der Waals surface area contributed by atoms with Gasteiger partial charge in [0.1, 0.15) is 5.82 Å². The fourth-order valence-electron chi connectivity index (χ4n) is 2.96. The number of rotatable bonds is 1. The predicted octanol–water partition coefficient (Wildman–Crippen LogP) is 3.02. The van der Waals surface area contributed by atoms with E-state index in [0.717, 1.165) is 24.2 Å². The third-order valence-electron chi connectivity index (χ3n) is 4.17.